The van der Waals surface area contributed by atoms with E-state index in [-0.39, 0.29) is 5.91 Å². The SMILES string of the molecule is COc1ccc2sc(N(Cc3cccnc3)C(=O)Cc3ccc(SC(C)C)cc3)nc2c1. The summed E-state index contributed by atoms with van der Waals surface area (Å²) >= 11 is 3.32. The van der Waals surface area contributed by atoms with E-state index in [2.05, 4.69) is 31.0 Å². The molecule has 0 aliphatic heterocycles. The lowest BCUT2D eigenvalue weighted by molar-refractivity contribution is -0.118. The van der Waals surface area contributed by atoms with Crippen molar-refractivity contribution >= 4 is 44.4 Å². The molecular formula is C25H25N3O2S2. The predicted molar refractivity (Wildman–Crippen MR) is 133 cm³/mol. The summed E-state index contributed by atoms with van der Waals surface area (Å²) in [4.78, 5) is 25.3. The highest BCUT2D eigenvalue weighted by atomic mass is 32.2. The van der Waals surface area contributed by atoms with Gasteiger partial charge in [0.2, 0.25) is 5.91 Å². The van der Waals surface area contributed by atoms with Crippen molar-refractivity contribution < 1.29 is 9.53 Å². The minimum atomic E-state index is 0.00383. The highest BCUT2D eigenvalue weighted by Gasteiger charge is 2.21. The quantitative estimate of drug-likeness (QED) is 0.301. The average Bonchev–Trinajstić information content (AvgIpc) is 3.22. The molecule has 2 aromatic heterocycles. The van der Waals surface area contributed by atoms with Gasteiger partial charge in [-0.25, -0.2) is 4.98 Å². The summed E-state index contributed by atoms with van der Waals surface area (Å²) in [5.74, 6) is 0.753. The summed E-state index contributed by atoms with van der Waals surface area (Å²) in [5.41, 5.74) is 2.77. The number of fused-ring (bicyclic) bond motifs is 1. The van der Waals surface area contributed by atoms with E-state index in [1.807, 2.05) is 54.2 Å². The molecule has 5 nitrogen and oxygen atoms in total. The second-order valence-corrected chi connectivity index (χ2v) is 10.3. The number of carbonyl (C=O) groups excluding carboxylic acids is 1. The number of anilines is 1. The van der Waals surface area contributed by atoms with Crippen LogP contribution in [0.5, 0.6) is 5.75 Å². The van der Waals surface area contributed by atoms with Gasteiger partial charge in [0, 0.05) is 28.6 Å². The van der Waals surface area contributed by atoms with Crippen LogP contribution in [0.15, 0.2) is 71.9 Å². The lowest BCUT2D eigenvalue weighted by atomic mass is 10.1. The van der Waals surface area contributed by atoms with Crippen LogP contribution in [-0.2, 0) is 17.8 Å². The van der Waals surface area contributed by atoms with Crippen LogP contribution in [0.4, 0.5) is 5.13 Å². The lowest BCUT2D eigenvalue weighted by Gasteiger charge is -2.20. The van der Waals surface area contributed by atoms with Crippen LogP contribution in [0.2, 0.25) is 0 Å². The Morgan fingerprint density at radius 1 is 1.12 bits per heavy atom. The van der Waals surface area contributed by atoms with Crippen LogP contribution in [0, 0.1) is 0 Å². The first-order chi connectivity index (χ1) is 15.5. The standard InChI is InChI=1S/C25H25N3O2S2/c1-17(2)31-21-9-6-18(7-10-21)13-24(29)28(16-19-5-4-12-26-15-19)25-27-22-14-20(30-3)8-11-23(22)32-25/h4-12,14-15,17H,13,16H2,1-3H3. The van der Waals surface area contributed by atoms with Crippen molar-refractivity contribution in [2.24, 2.45) is 0 Å². The van der Waals surface area contributed by atoms with Crippen molar-refractivity contribution in [3.8, 4) is 5.75 Å². The summed E-state index contributed by atoms with van der Waals surface area (Å²) in [6.07, 6.45) is 3.83. The van der Waals surface area contributed by atoms with E-state index < -0.39 is 0 Å². The molecule has 0 saturated heterocycles. The van der Waals surface area contributed by atoms with Crippen LogP contribution in [0.1, 0.15) is 25.0 Å². The number of hydrogen-bond donors (Lipinski definition) is 0. The van der Waals surface area contributed by atoms with E-state index in [0.717, 1.165) is 27.1 Å². The largest absolute Gasteiger partial charge is 0.497 e. The summed E-state index contributed by atoms with van der Waals surface area (Å²) in [6, 6.07) is 17.9. The molecule has 0 aliphatic rings. The molecule has 0 atom stereocenters. The Kier molecular flexibility index (Phi) is 7.07. The molecule has 4 rings (SSSR count). The van der Waals surface area contributed by atoms with Gasteiger partial charge in [0.15, 0.2) is 5.13 Å². The smallest absolute Gasteiger partial charge is 0.233 e. The summed E-state index contributed by atoms with van der Waals surface area (Å²) in [6.45, 7) is 4.77. The Morgan fingerprint density at radius 3 is 2.62 bits per heavy atom. The van der Waals surface area contributed by atoms with Gasteiger partial charge >= 0.3 is 0 Å². The van der Waals surface area contributed by atoms with E-state index in [4.69, 9.17) is 9.72 Å². The normalized spacial score (nSPS) is 11.1. The van der Waals surface area contributed by atoms with Crippen LogP contribution < -0.4 is 9.64 Å². The van der Waals surface area contributed by atoms with E-state index in [1.54, 1.807) is 24.4 Å². The molecular weight excluding hydrogens is 438 g/mol. The number of hydrogen-bond acceptors (Lipinski definition) is 6. The van der Waals surface area contributed by atoms with Gasteiger partial charge in [-0.1, -0.05) is 43.4 Å². The minimum absolute atomic E-state index is 0.00383. The molecule has 0 aliphatic carbocycles. The Balaban J connectivity index is 1.61. The third kappa shape index (κ3) is 5.47. The molecule has 0 fully saturated rings. The van der Waals surface area contributed by atoms with Crippen LogP contribution >= 0.6 is 23.1 Å². The van der Waals surface area contributed by atoms with Gasteiger partial charge in [0.05, 0.1) is 30.3 Å². The maximum Gasteiger partial charge on any atom is 0.233 e. The first-order valence-electron chi connectivity index (χ1n) is 10.4. The summed E-state index contributed by atoms with van der Waals surface area (Å²) in [7, 11) is 1.64. The number of carbonyl (C=O) groups is 1. The van der Waals surface area contributed by atoms with Gasteiger partial charge in [-0.2, -0.15) is 0 Å². The molecule has 0 N–H and O–H groups in total. The Bertz CT molecular complexity index is 1190. The van der Waals surface area contributed by atoms with Crippen molar-refractivity contribution in [3.63, 3.8) is 0 Å². The highest BCUT2D eigenvalue weighted by molar-refractivity contribution is 7.99. The van der Waals surface area contributed by atoms with Crippen molar-refractivity contribution in [1.82, 2.24) is 9.97 Å². The molecule has 7 heteroatoms. The second-order valence-electron chi connectivity index (χ2n) is 7.66. The fraction of sp³-hybridized carbons (Fsp3) is 0.240. The number of ether oxygens (including phenoxy) is 1. The first-order valence-corrected chi connectivity index (χ1v) is 12.1. The summed E-state index contributed by atoms with van der Waals surface area (Å²) in [5, 5.41) is 1.20. The number of rotatable bonds is 8. The van der Waals surface area contributed by atoms with Crippen molar-refractivity contribution in [1.29, 1.82) is 0 Å². The zero-order valence-electron chi connectivity index (χ0n) is 18.3. The molecule has 2 aromatic carbocycles. The lowest BCUT2D eigenvalue weighted by Crippen LogP contribution is -2.31. The molecule has 32 heavy (non-hydrogen) atoms. The van der Waals surface area contributed by atoms with Gasteiger partial charge in [-0.05, 0) is 41.5 Å². The molecule has 2 heterocycles. The predicted octanol–water partition coefficient (Wildman–Crippen LogP) is 5.98. The number of nitrogens with zero attached hydrogens (tertiary/aromatic N) is 3. The number of pyridine rings is 1. The fourth-order valence-corrected chi connectivity index (χ4v) is 5.10. The highest BCUT2D eigenvalue weighted by Crippen LogP contribution is 2.32. The molecule has 0 saturated carbocycles. The van der Waals surface area contributed by atoms with Gasteiger partial charge in [-0.3, -0.25) is 14.7 Å². The molecule has 0 radical (unpaired) electrons. The zero-order chi connectivity index (χ0) is 22.5. The van der Waals surface area contributed by atoms with E-state index >= 15 is 0 Å². The van der Waals surface area contributed by atoms with Crippen molar-refractivity contribution in [2.45, 2.75) is 37.0 Å². The topological polar surface area (TPSA) is 55.3 Å². The third-order valence-electron chi connectivity index (χ3n) is 4.83. The van der Waals surface area contributed by atoms with Gasteiger partial charge in [0.25, 0.3) is 0 Å². The number of thiazole rings is 1. The summed E-state index contributed by atoms with van der Waals surface area (Å²) < 4.78 is 6.34. The first kappa shape index (κ1) is 22.3. The number of methoxy groups -OCH3 is 1. The van der Waals surface area contributed by atoms with E-state index in [9.17, 15) is 4.79 Å². The van der Waals surface area contributed by atoms with Crippen molar-refractivity contribution in [3.05, 3.63) is 78.1 Å². The minimum Gasteiger partial charge on any atom is -0.497 e. The van der Waals surface area contributed by atoms with Crippen molar-refractivity contribution in [2.75, 3.05) is 12.0 Å². The Morgan fingerprint density at radius 2 is 1.94 bits per heavy atom. The monoisotopic (exact) mass is 463 g/mol. The average molecular weight is 464 g/mol. The number of aromatic nitrogens is 2. The maximum atomic E-state index is 13.4. The van der Waals surface area contributed by atoms with Gasteiger partial charge in [0.1, 0.15) is 5.75 Å². The molecule has 4 aromatic rings. The van der Waals surface area contributed by atoms with Gasteiger partial charge < -0.3 is 4.74 Å². The molecule has 0 spiro atoms. The second kappa shape index (κ2) is 10.1. The number of thioether (sulfide) groups is 1. The zero-order valence-corrected chi connectivity index (χ0v) is 20.0. The van der Waals surface area contributed by atoms with E-state index in [0.29, 0.717) is 23.3 Å². The Labute approximate surface area is 196 Å². The van der Waals surface area contributed by atoms with Gasteiger partial charge in [-0.15, -0.1) is 11.8 Å². The number of benzene rings is 2. The van der Waals surface area contributed by atoms with Crippen LogP contribution in [0.3, 0.4) is 0 Å². The molecule has 0 unspecified atom stereocenters. The fourth-order valence-electron chi connectivity index (χ4n) is 3.30. The molecule has 164 valence electrons. The van der Waals surface area contributed by atoms with Crippen LogP contribution in [-0.4, -0.2) is 28.2 Å². The van der Waals surface area contributed by atoms with Crippen LogP contribution in [0.25, 0.3) is 10.2 Å². The van der Waals surface area contributed by atoms with E-state index in [1.165, 1.54) is 16.2 Å². The number of amides is 1. The Hall–Kier alpha value is -2.90. The third-order valence-corrected chi connectivity index (χ3v) is 6.90. The molecule has 0 bridgehead atoms. The molecule has 1 amide bonds. The maximum absolute atomic E-state index is 13.4.